The van der Waals surface area contributed by atoms with Crippen LogP contribution in [0.25, 0.3) is 0 Å². The van der Waals surface area contributed by atoms with Crippen molar-refractivity contribution in [3.63, 3.8) is 0 Å². The van der Waals surface area contributed by atoms with Crippen LogP contribution in [0.5, 0.6) is 11.5 Å². The van der Waals surface area contributed by atoms with Crippen molar-refractivity contribution < 1.29 is 22.7 Å². The van der Waals surface area contributed by atoms with E-state index >= 15 is 0 Å². The van der Waals surface area contributed by atoms with Crippen molar-refractivity contribution >= 4 is 21.6 Å². The summed E-state index contributed by atoms with van der Waals surface area (Å²) in [4.78, 5) is 13.0. The van der Waals surface area contributed by atoms with Crippen LogP contribution in [0.1, 0.15) is 24.5 Å². The van der Waals surface area contributed by atoms with E-state index in [-0.39, 0.29) is 23.2 Å². The lowest BCUT2D eigenvalue weighted by atomic mass is 10.1. The first-order chi connectivity index (χ1) is 16.7. The number of ether oxygens (including phenoxy) is 2. The second-order valence-corrected chi connectivity index (χ2v) is 10.2. The molecule has 186 valence electrons. The Labute approximate surface area is 207 Å². The van der Waals surface area contributed by atoms with Gasteiger partial charge >= 0.3 is 0 Å². The monoisotopic (exact) mass is 496 g/mol. The molecule has 3 aromatic carbocycles. The number of aryl methyl sites for hydroxylation is 2. The fourth-order valence-corrected chi connectivity index (χ4v) is 5.38. The molecule has 0 aliphatic carbocycles. The minimum Gasteiger partial charge on any atom is -0.497 e. The highest BCUT2D eigenvalue weighted by molar-refractivity contribution is 7.93. The van der Waals surface area contributed by atoms with E-state index in [1.54, 1.807) is 49.4 Å². The van der Waals surface area contributed by atoms with Crippen LogP contribution in [0.3, 0.4) is 0 Å². The van der Waals surface area contributed by atoms with Gasteiger partial charge in [-0.3, -0.25) is 9.10 Å². The van der Waals surface area contributed by atoms with Gasteiger partial charge in [-0.1, -0.05) is 36.4 Å². The number of methoxy groups -OCH3 is 2. The fraction of sp³-hybridized carbons (Fsp3) is 0.296. The Kier molecular flexibility index (Phi) is 8.76. The van der Waals surface area contributed by atoms with Gasteiger partial charge in [-0.15, -0.1) is 0 Å². The lowest BCUT2D eigenvalue weighted by molar-refractivity contribution is -0.120. The number of sulfonamides is 1. The fourth-order valence-electron chi connectivity index (χ4n) is 3.72. The smallest absolute Gasteiger partial charge is 0.268 e. The van der Waals surface area contributed by atoms with Crippen LogP contribution in [0, 0.1) is 6.92 Å². The zero-order valence-electron chi connectivity index (χ0n) is 20.5. The first kappa shape index (κ1) is 26.1. The minimum atomic E-state index is -4.12. The number of nitrogens with zero attached hydrogens (tertiary/aromatic N) is 1. The molecule has 0 aromatic heterocycles. The number of hydrogen-bond donors (Lipinski definition) is 1. The summed E-state index contributed by atoms with van der Waals surface area (Å²) in [5.41, 5.74) is 2.29. The lowest BCUT2D eigenvalue weighted by Crippen LogP contribution is -2.43. The maximum Gasteiger partial charge on any atom is 0.268 e. The largest absolute Gasteiger partial charge is 0.497 e. The molecule has 0 bridgehead atoms. The molecule has 0 aliphatic rings. The lowest BCUT2D eigenvalue weighted by Gasteiger charge is -2.26. The van der Waals surface area contributed by atoms with Crippen LogP contribution < -0.4 is 19.1 Å². The van der Waals surface area contributed by atoms with Crippen LogP contribution in [-0.2, 0) is 21.2 Å². The van der Waals surface area contributed by atoms with E-state index in [2.05, 4.69) is 5.32 Å². The minimum absolute atomic E-state index is 0.000689. The van der Waals surface area contributed by atoms with Gasteiger partial charge in [-0.05, 0) is 74.2 Å². The molecule has 0 saturated heterocycles. The number of rotatable bonds is 11. The Hall–Kier alpha value is -3.52. The zero-order valence-corrected chi connectivity index (χ0v) is 21.3. The van der Waals surface area contributed by atoms with Crippen molar-refractivity contribution in [2.75, 3.05) is 25.1 Å². The summed E-state index contributed by atoms with van der Waals surface area (Å²) >= 11 is 0. The number of carbonyl (C=O) groups is 1. The van der Waals surface area contributed by atoms with Crippen LogP contribution in [-0.4, -0.2) is 41.1 Å². The van der Waals surface area contributed by atoms with Gasteiger partial charge < -0.3 is 14.8 Å². The van der Waals surface area contributed by atoms with E-state index in [1.807, 2.05) is 37.3 Å². The molecule has 0 radical (unpaired) electrons. The normalized spacial score (nSPS) is 12.0. The zero-order chi connectivity index (χ0) is 25.4. The number of benzene rings is 3. The maximum atomic E-state index is 13.8. The topological polar surface area (TPSA) is 84.9 Å². The number of nitrogens with one attached hydrogen (secondary N) is 1. The molecule has 0 spiro atoms. The molecule has 0 fully saturated rings. The van der Waals surface area contributed by atoms with Gasteiger partial charge in [0.15, 0.2) is 0 Å². The van der Waals surface area contributed by atoms with E-state index in [4.69, 9.17) is 9.47 Å². The summed E-state index contributed by atoms with van der Waals surface area (Å²) < 4.78 is 39.2. The van der Waals surface area contributed by atoms with Crippen molar-refractivity contribution in [2.45, 2.75) is 37.6 Å². The van der Waals surface area contributed by atoms with Crippen LogP contribution in [0.15, 0.2) is 77.7 Å². The van der Waals surface area contributed by atoms with Crippen LogP contribution in [0.4, 0.5) is 5.69 Å². The number of amides is 1. The molecular formula is C27H32N2O5S. The molecule has 1 N–H and O–H groups in total. The molecule has 8 heteroatoms. The molecule has 0 heterocycles. The highest BCUT2D eigenvalue weighted by Crippen LogP contribution is 2.31. The quantitative estimate of drug-likeness (QED) is 0.427. The molecule has 1 amide bonds. The summed E-state index contributed by atoms with van der Waals surface area (Å²) in [6, 6.07) is 21.4. The SMILES string of the molecule is COc1ccc(N(CC(=O)N[C@@H](C)CCc2ccccc2)S(=O)(=O)c2cc(C)ccc2OC)cc1. The summed E-state index contributed by atoms with van der Waals surface area (Å²) in [5.74, 6) is 0.403. The number of hydrogen-bond acceptors (Lipinski definition) is 5. The van der Waals surface area contributed by atoms with E-state index in [0.29, 0.717) is 11.4 Å². The molecule has 0 saturated carbocycles. The van der Waals surface area contributed by atoms with Gasteiger partial charge in [0.25, 0.3) is 10.0 Å². The number of anilines is 1. The molecule has 1 atom stereocenters. The summed E-state index contributed by atoms with van der Waals surface area (Å²) in [5, 5.41) is 2.94. The van der Waals surface area contributed by atoms with Crippen molar-refractivity contribution in [2.24, 2.45) is 0 Å². The van der Waals surface area contributed by atoms with Gasteiger partial charge in [0.05, 0.1) is 19.9 Å². The maximum absolute atomic E-state index is 13.8. The molecule has 3 aromatic rings. The van der Waals surface area contributed by atoms with Gasteiger partial charge in [-0.2, -0.15) is 0 Å². The predicted molar refractivity (Wildman–Crippen MR) is 138 cm³/mol. The Bertz CT molecular complexity index is 1230. The Morgan fingerprint density at radius 3 is 2.29 bits per heavy atom. The number of carbonyl (C=O) groups excluding carboxylic acids is 1. The van der Waals surface area contributed by atoms with Crippen molar-refractivity contribution in [3.8, 4) is 11.5 Å². The average molecular weight is 497 g/mol. The molecule has 3 rings (SSSR count). The second kappa shape index (κ2) is 11.8. The van der Waals surface area contributed by atoms with E-state index in [9.17, 15) is 13.2 Å². The van der Waals surface area contributed by atoms with Crippen molar-refractivity contribution in [1.29, 1.82) is 0 Å². The third-order valence-corrected chi connectivity index (χ3v) is 7.45. The van der Waals surface area contributed by atoms with Gasteiger partial charge in [0, 0.05) is 6.04 Å². The summed E-state index contributed by atoms with van der Waals surface area (Å²) in [7, 11) is -1.17. The highest BCUT2D eigenvalue weighted by atomic mass is 32.2. The molecule has 35 heavy (non-hydrogen) atoms. The van der Waals surface area contributed by atoms with E-state index in [0.717, 1.165) is 22.7 Å². The van der Waals surface area contributed by atoms with Gasteiger partial charge in [-0.25, -0.2) is 8.42 Å². The third kappa shape index (κ3) is 6.76. The summed E-state index contributed by atoms with van der Waals surface area (Å²) in [6.07, 6.45) is 1.54. The van der Waals surface area contributed by atoms with Crippen molar-refractivity contribution in [3.05, 3.63) is 83.9 Å². The van der Waals surface area contributed by atoms with Gasteiger partial charge in [0.2, 0.25) is 5.91 Å². The van der Waals surface area contributed by atoms with E-state index < -0.39 is 15.9 Å². The standard InChI is InChI=1S/C27H32N2O5S/c1-20-10-17-25(34-4)26(18-20)35(31,32)29(23-13-15-24(33-3)16-14-23)19-27(30)28-21(2)11-12-22-8-6-5-7-9-22/h5-10,13-18,21H,11-12,19H2,1-4H3,(H,28,30)/t21-/m0/s1. The molecule has 0 unspecified atom stereocenters. The first-order valence-electron chi connectivity index (χ1n) is 11.4. The van der Waals surface area contributed by atoms with Crippen LogP contribution >= 0.6 is 0 Å². The molecule has 0 aliphatic heterocycles. The Balaban J connectivity index is 1.84. The molecule has 7 nitrogen and oxygen atoms in total. The van der Waals surface area contributed by atoms with E-state index in [1.165, 1.54) is 19.8 Å². The highest BCUT2D eigenvalue weighted by Gasteiger charge is 2.30. The third-order valence-electron chi connectivity index (χ3n) is 5.65. The predicted octanol–water partition coefficient (Wildman–Crippen LogP) is 4.35. The Morgan fingerprint density at radius 2 is 1.66 bits per heavy atom. The Morgan fingerprint density at radius 1 is 0.971 bits per heavy atom. The van der Waals surface area contributed by atoms with Gasteiger partial charge in [0.1, 0.15) is 22.9 Å². The summed E-state index contributed by atoms with van der Waals surface area (Å²) in [6.45, 7) is 3.34. The average Bonchev–Trinajstić information content (AvgIpc) is 2.86. The van der Waals surface area contributed by atoms with Crippen LogP contribution in [0.2, 0.25) is 0 Å². The van der Waals surface area contributed by atoms with Crippen molar-refractivity contribution in [1.82, 2.24) is 5.32 Å². The second-order valence-electron chi connectivity index (χ2n) is 8.36. The first-order valence-corrected chi connectivity index (χ1v) is 12.8. The molecular weight excluding hydrogens is 464 g/mol.